The number of amides is 1. The zero-order chi connectivity index (χ0) is 28.1. The van der Waals surface area contributed by atoms with Gasteiger partial charge in [0.25, 0.3) is 11.8 Å². The van der Waals surface area contributed by atoms with Crippen molar-refractivity contribution in [2.24, 2.45) is 0 Å². The normalized spacial score (nSPS) is 11.1. The van der Waals surface area contributed by atoms with Crippen LogP contribution in [0.25, 0.3) is 34.0 Å². The number of aromatic nitrogens is 3. The largest absolute Gasteiger partial charge is 0.446 e. The molecule has 1 amide bonds. The third-order valence-electron chi connectivity index (χ3n) is 6.56. The smallest absolute Gasteiger partial charge is 0.258 e. The van der Waals surface area contributed by atoms with Gasteiger partial charge in [-0.2, -0.15) is 4.98 Å². The van der Waals surface area contributed by atoms with Crippen LogP contribution in [-0.4, -0.2) is 34.7 Å². The van der Waals surface area contributed by atoms with E-state index < -0.39 is 11.7 Å². The lowest BCUT2D eigenvalue weighted by atomic mass is 9.94. The van der Waals surface area contributed by atoms with Crippen LogP contribution in [0.5, 0.6) is 0 Å². The zero-order valence-corrected chi connectivity index (χ0v) is 22.5. The topological polar surface area (TPSA) is 103 Å². The van der Waals surface area contributed by atoms with Crippen molar-refractivity contribution < 1.29 is 22.9 Å². The summed E-state index contributed by atoms with van der Waals surface area (Å²) in [5.41, 5.74) is 5.35. The van der Waals surface area contributed by atoms with Crippen molar-refractivity contribution in [1.82, 2.24) is 20.4 Å². The second kappa shape index (κ2) is 12.0. The Hall–Kier alpha value is -4.63. The molecule has 40 heavy (non-hydrogen) atoms. The second-order valence-corrected chi connectivity index (χ2v) is 9.32. The van der Waals surface area contributed by atoms with Gasteiger partial charge in [0.15, 0.2) is 5.89 Å². The molecule has 9 heteroatoms. The van der Waals surface area contributed by atoms with E-state index in [2.05, 4.69) is 39.5 Å². The highest BCUT2D eigenvalue weighted by atomic mass is 19.1. The molecular formula is C31H29FN4O4. The number of carbonyl (C=O) groups is 1. The Kier molecular flexibility index (Phi) is 8.12. The number of oxazole rings is 1. The van der Waals surface area contributed by atoms with Gasteiger partial charge >= 0.3 is 0 Å². The van der Waals surface area contributed by atoms with Crippen molar-refractivity contribution in [2.45, 2.75) is 33.3 Å². The molecule has 0 bridgehead atoms. The highest BCUT2D eigenvalue weighted by Crippen LogP contribution is 2.32. The Bertz CT molecular complexity index is 1640. The molecule has 0 fully saturated rings. The number of halogens is 1. The summed E-state index contributed by atoms with van der Waals surface area (Å²) in [5, 5.41) is 6.74. The lowest BCUT2D eigenvalue weighted by molar-refractivity contribution is 0.0949. The molecule has 0 atom stereocenters. The van der Waals surface area contributed by atoms with E-state index in [-0.39, 0.29) is 17.9 Å². The standard InChI is InChI=1S/C31H29FN4O4/c1-4-23-17-34-28(39-23)13-14-33-30(37)26-12-9-20(16-27(26)32)29-35-31(40-36-29)21-10-11-25(22(15-21)18-38-3)24-8-6-5-7-19(24)2/h5-12,15-17H,4,13-14,18H2,1-3H3,(H,33,37). The van der Waals surface area contributed by atoms with E-state index in [0.717, 1.165) is 40.0 Å². The average molecular weight is 541 g/mol. The highest BCUT2D eigenvalue weighted by Gasteiger charge is 2.18. The molecule has 0 saturated carbocycles. The molecule has 5 rings (SSSR count). The van der Waals surface area contributed by atoms with Crippen molar-refractivity contribution in [3.63, 3.8) is 0 Å². The second-order valence-electron chi connectivity index (χ2n) is 9.32. The fourth-order valence-electron chi connectivity index (χ4n) is 4.44. The van der Waals surface area contributed by atoms with Crippen LogP contribution in [0.2, 0.25) is 0 Å². The molecule has 2 aromatic heterocycles. The van der Waals surface area contributed by atoms with Gasteiger partial charge in [0.05, 0.1) is 18.4 Å². The molecule has 3 aromatic carbocycles. The van der Waals surface area contributed by atoms with E-state index in [9.17, 15) is 9.18 Å². The molecule has 0 aliphatic heterocycles. The lowest BCUT2D eigenvalue weighted by Gasteiger charge is -2.12. The number of hydrogen-bond acceptors (Lipinski definition) is 7. The molecule has 0 aliphatic carbocycles. The van der Waals surface area contributed by atoms with Crippen LogP contribution in [0.3, 0.4) is 0 Å². The van der Waals surface area contributed by atoms with Crippen LogP contribution < -0.4 is 5.32 Å². The van der Waals surface area contributed by atoms with Crippen LogP contribution in [-0.2, 0) is 24.2 Å². The third-order valence-corrected chi connectivity index (χ3v) is 6.56. The van der Waals surface area contributed by atoms with Gasteiger partial charge in [0, 0.05) is 37.6 Å². The summed E-state index contributed by atoms with van der Waals surface area (Å²) in [6.07, 6.45) is 2.82. The average Bonchev–Trinajstić information content (AvgIpc) is 3.64. The molecule has 0 radical (unpaired) electrons. The van der Waals surface area contributed by atoms with Crippen LogP contribution >= 0.6 is 0 Å². The maximum absolute atomic E-state index is 14.9. The number of ether oxygens (including phenoxy) is 1. The molecule has 204 valence electrons. The molecule has 5 aromatic rings. The van der Waals surface area contributed by atoms with E-state index in [1.54, 1.807) is 19.4 Å². The highest BCUT2D eigenvalue weighted by molar-refractivity contribution is 5.94. The summed E-state index contributed by atoms with van der Waals surface area (Å²) in [6, 6.07) is 18.2. The summed E-state index contributed by atoms with van der Waals surface area (Å²) in [5.74, 6) is 0.606. The fourth-order valence-corrected chi connectivity index (χ4v) is 4.44. The number of rotatable bonds is 10. The minimum Gasteiger partial charge on any atom is -0.446 e. The minimum absolute atomic E-state index is 0.0786. The number of nitrogens with zero attached hydrogens (tertiary/aromatic N) is 3. The molecular weight excluding hydrogens is 511 g/mol. The molecule has 0 saturated heterocycles. The molecule has 0 unspecified atom stereocenters. The van der Waals surface area contributed by atoms with Crippen molar-refractivity contribution in [2.75, 3.05) is 13.7 Å². The van der Waals surface area contributed by atoms with Crippen LogP contribution in [0.1, 0.15) is 40.1 Å². The fraction of sp³-hybridized carbons (Fsp3) is 0.226. The summed E-state index contributed by atoms with van der Waals surface area (Å²) in [6.45, 7) is 4.71. The van der Waals surface area contributed by atoms with Gasteiger partial charge in [-0.25, -0.2) is 9.37 Å². The number of hydrogen-bond donors (Lipinski definition) is 1. The zero-order valence-electron chi connectivity index (χ0n) is 22.5. The van der Waals surface area contributed by atoms with E-state index in [0.29, 0.717) is 30.4 Å². The van der Waals surface area contributed by atoms with Crippen molar-refractivity contribution in [3.8, 4) is 34.0 Å². The van der Waals surface area contributed by atoms with E-state index >= 15 is 0 Å². The van der Waals surface area contributed by atoms with E-state index in [1.165, 1.54) is 12.1 Å². The minimum atomic E-state index is -0.685. The van der Waals surface area contributed by atoms with Crippen LogP contribution in [0.4, 0.5) is 4.39 Å². The first-order valence-corrected chi connectivity index (χ1v) is 13.0. The van der Waals surface area contributed by atoms with Gasteiger partial charge in [0.2, 0.25) is 5.82 Å². The summed E-state index contributed by atoms with van der Waals surface area (Å²) < 4.78 is 31.4. The van der Waals surface area contributed by atoms with Gasteiger partial charge in [-0.05, 0) is 53.4 Å². The predicted octanol–water partition coefficient (Wildman–Crippen LogP) is 6.19. The lowest BCUT2D eigenvalue weighted by Crippen LogP contribution is -2.26. The Balaban J connectivity index is 1.30. The first kappa shape index (κ1) is 27.0. The summed E-state index contributed by atoms with van der Waals surface area (Å²) >= 11 is 0. The van der Waals surface area contributed by atoms with Crippen LogP contribution in [0.15, 0.2) is 75.8 Å². The van der Waals surface area contributed by atoms with Crippen molar-refractivity contribution >= 4 is 5.91 Å². The maximum atomic E-state index is 14.9. The van der Waals surface area contributed by atoms with Gasteiger partial charge in [-0.15, -0.1) is 0 Å². The molecule has 0 spiro atoms. The quantitative estimate of drug-likeness (QED) is 0.225. The molecule has 8 nitrogen and oxygen atoms in total. The van der Waals surface area contributed by atoms with Gasteiger partial charge in [-0.1, -0.05) is 48.5 Å². The molecule has 1 N–H and O–H groups in total. The van der Waals surface area contributed by atoms with E-state index in [1.807, 2.05) is 37.3 Å². The molecule has 0 aliphatic rings. The Morgan fingerprint density at radius 2 is 1.88 bits per heavy atom. The maximum Gasteiger partial charge on any atom is 0.258 e. The number of methoxy groups -OCH3 is 1. The first-order valence-electron chi connectivity index (χ1n) is 13.0. The predicted molar refractivity (Wildman–Crippen MR) is 148 cm³/mol. The SMILES string of the molecule is CCc1cnc(CCNC(=O)c2ccc(-c3noc(-c4ccc(-c5ccccc5C)c(COC)c4)n3)cc2F)o1. The number of carbonyl (C=O) groups excluding carboxylic acids is 1. The molecule has 2 heterocycles. The Morgan fingerprint density at radius 3 is 2.62 bits per heavy atom. The Labute approximate surface area is 231 Å². The van der Waals surface area contributed by atoms with Crippen LogP contribution in [0, 0.1) is 12.7 Å². The summed E-state index contributed by atoms with van der Waals surface area (Å²) in [7, 11) is 1.65. The Morgan fingerprint density at radius 1 is 1.05 bits per heavy atom. The number of nitrogens with one attached hydrogen (secondary N) is 1. The third kappa shape index (κ3) is 5.84. The van der Waals surface area contributed by atoms with Gasteiger partial charge < -0.3 is 19.0 Å². The summed E-state index contributed by atoms with van der Waals surface area (Å²) in [4.78, 5) is 21.2. The van der Waals surface area contributed by atoms with Gasteiger partial charge in [-0.3, -0.25) is 4.79 Å². The number of benzene rings is 3. The first-order chi connectivity index (χ1) is 19.5. The van der Waals surface area contributed by atoms with E-state index in [4.69, 9.17) is 13.7 Å². The van der Waals surface area contributed by atoms with Crippen molar-refractivity contribution in [1.29, 1.82) is 0 Å². The van der Waals surface area contributed by atoms with Gasteiger partial charge in [0.1, 0.15) is 11.6 Å². The monoisotopic (exact) mass is 540 g/mol. The van der Waals surface area contributed by atoms with Crippen molar-refractivity contribution in [3.05, 3.63) is 101 Å². The number of aryl methyl sites for hydroxylation is 2.